The van der Waals surface area contributed by atoms with Gasteiger partial charge in [0.1, 0.15) is 5.00 Å². The van der Waals surface area contributed by atoms with E-state index in [0.717, 1.165) is 10.4 Å². The summed E-state index contributed by atoms with van der Waals surface area (Å²) in [6.45, 7) is 5.99. The maximum absolute atomic E-state index is 11.5. The minimum absolute atomic E-state index is 0.317. The zero-order chi connectivity index (χ0) is 10.7. The van der Waals surface area contributed by atoms with Gasteiger partial charge in [-0.1, -0.05) is 0 Å². The van der Waals surface area contributed by atoms with Crippen LogP contribution < -0.4 is 11.3 Å². The van der Waals surface area contributed by atoms with Crippen molar-refractivity contribution in [2.24, 2.45) is 5.84 Å². The number of hydrazine groups is 1. The quantitative estimate of drug-likeness (QED) is 0.457. The van der Waals surface area contributed by atoms with Gasteiger partial charge in [-0.3, -0.25) is 0 Å². The first-order chi connectivity index (χ1) is 6.61. The first kappa shape index (κ1) is 11.0. The number of hydrogen-bond acceptors (Lipinski definition) is 5. The van der Waals surface area contributed by atoms with E-state index in [9.17, 15) is 4.79 Å². The molecule has 0 spiro atoms. The number of esters is 1. The third-order valence-electron chi connectivity index (χ3n) is 2.00. The standard InChI is InChI=1S/C9H14N2O2S/c1-4-13-9(12)7-5(2)6(3)14-8(7)11-10/h11H,4,10H2,1-3H3. The third-order valence-corrected chi connectivity index (χ3v) is 3.13. The highest BCUT2D eigenvalue weighted by Gasteiger charge is 2.19. The second-order valence-corrected chi connectivity index (χ2v) is 4.08. The summed E-state index contributed by atoms with van der Waals surface area (Å²) in [7, 11) is 0. The molecule has 0 radical (unpaired) electrons. The van der Waals surface area contributed by atoms with Gasteiger partial charge in [-0.05, 0) is 26.3 Å². The SMILES string of the molecule is CCOC(=O)c1c(NN)sc(C)c1C. The fraction of sp³-hybridized carbons (Fsp3) is 0.444. The molecule has 0 fully saturated rings. The van der Waals surface area contributed by atoms with Gasteiger partial charge in [-0.15, -0.1) is 11.3 Å². The molecule has 1 heterocycles. The summed E-state index contributed by atoms with van der Waals surface area (Å²) in [5, 5.41) is 0.665. The molecular weight excluding hydrogens is 200 g/mol. The molecular formula is C9H14N2O2S. The van der Waals surface area contributed by atoms with E-state index in [4.69, 9.17) is 10.6 Å². The van der Waals surface area contributed by atoms with Crippen molar-refractivity contribution in [3.63, 3.8) is 0 Å². The number of aryl methyl sites for hydroxylation is 1. The molecule has 14 heavy (non-hydrogen) atoms. The van der Waals surface area contributed by atoms with E-state index in [2.05, 4.69) is 5.43 Å². The van der Waals surface area contributed by atoms with Crippen molar-refractivity contribution in [2.45, 2.75) is 20.8 Å². The average Bonchev–Trinajstić information content (AvgIpc) is 2.43. The van der Waals surface area contributed by atoms with Crippen molar-refractivity contribution in [1.82, 2.24) is 0 Å². The zero-order valence-electron chi connectivity index (χ0n) is 8.51. The predicted octanol–water partition coefficient (Wildman–Crippen LogP) is 1.83. The number of anilines is 1. The van der Waals surface area contributed by atoms with Crippen LogP contribution in [0.2, 0.25) is 0 Å². The summed E-state index contributed by atoms with van der Waals surface area (Å²) in [5.41, 5.74) is 4.00. The molecule has 0 aliphatic rings. The first-order valence-corrected chi connectivity index (χ1v) is 5.17. The van der Waals surface area contributed by atoms with Crippen molar-refractivity contribution in [3.8, 4) is 0 Å². The predicted molar refractivity (Wildman–Crippen MR) is 57.6 cm³/mol. The summed E-state index contributed by atoms with van der Waals surface area (Å²) in [6, 6.07) is 0. The van der Waals surface area contributed by atoms with Gasteiger partial charge < -0.3 is 10.2 Å². The zero-order valence-corrected chi connectivity index (χ0v) is 9.33. The largest absolute Gasteiger partial charge is 0.462 e. The molecule has 0 saturated heterocycles. The van der Waals surface area contributed by atoms with Gasteiger partial charge in [0.2, 0.25) is 0 Å². The number of ether oxygens (including phenoxy) is 1. The van der Waals surface area contributed by atoms with Crippen molar-refractivity contribution >= 4 is 22.3 Å². The lowest BCUT2D eigenvalue weighted by molar-refractivity contribution is 0.0527. The van der Waals surface area contributed by atoms with E-state index in [1.807, 2.05) is 13.8 Å². The molecule has 0 aliphatic carbocycles. The molecule has 4 nitrogen and oxygen atoms in total. The topological polar surface area (TPSA) is 64.3 Å². The Morgan fingerprint density at radius 3 is 2.71 bits per heavy atom. The molecule has 0 saturated carbocycles. The maximum atomic E-state index is 11.5. The smallest absolute Gasteiger partial charge is 0.341 e. The van der Waals surface area contributed by atoms with Gasteiger partial charge in [-0.2, -0.15) is 0 Å². The van der Waals surface area contributed by atoms with E-state index in [1.165, 1.54) is 11.3 Å². The highest BCUT2D eigenvalue weighted by Crippen LogP contribution is 2.31. The van der Waals surface area contributed by atoms with Gasteiger partial charge in [0.25, 0.3) is 0 Å². The van der Waals surface area contributed by atoms with Crippen LogP contribution in [0.5, 0.6) is 0 Å². The Morgan fingerprint density at radius 2 is 2.21 bits per heavy atom. The summed E-state index contributed by atoms with van der Waals surface area (Å²) in [4.78, 5) is 12.6. The van der Waals surface area contributed by atoms with Gasteiger partial charge in [0.05, 0.1) is 12.2 Å². The summed E-state index contributed by atoms with van der Waals surface area (Å²) in [5.74, 6) is 5.00. The van der Waals surface area contributed by atoms with Crippen molar-refractivity contribution in [2.75, 3.05) is 12.0 Å². The van der Waals surface area contributed by atoms with Crippen LogP contribution in [0.15, 0.2) is 0 Å². The van der Waals surface area contributed by atoms with Crippen LogP contribution in [0.3, 0.4) is 0 Å². The van der Waals surface area contributed by atoms with Crippen LogP contribution in [0.4, 0.5) is 5.00 Å². The molecule has 1 rings (SSSR count). The number of carbonyl (C=O) groups excluding carboxylic acids is 1. The fourth-order valence-electron chi connectivity index (χ4n) is 1.18. The number of nitrogens with one attached hydrogen (secondary N) is 1. The Morgan fingerprint density at radius 1 is 1.57 bits per heavy atom. The van der Waals surface area contributed by atoms with Crippen molar-refractivity contribution < 1.29 is 9.53 Å². The summed E-state index contributed by atoms with van der Waals surface area (Å²) >= 11 is 1.46. The Bertz CT molecular complexity index is 347. The van der Waals surface area contributed by atoms with E-state index < -0.39 is 0 Å². The number of nitrogens with two attached hydrogens (primary N) is 1. The summed E-state index contributed by atoms with van der Waals surface area (Å²) < 4.78 is 4.94. The lowest BCUT2D eigenvalue weighted by atomic mass is 10.1. The Kier molecular flexibility index (Phi) is 3.49. The molecule has 1 aromatic heterocycles. The highest BCUT2D eigenvalue weighted by molar-refractivity contribution is 7.16. The number of thiophene rings is 1. The lowest BCUT2D eigenvalue weighted by Gasteiger charge is -2.03. The molecule has 0 aliphatic heterocycles. The Labute approximate surface area is 87.0 Å². The van der Waals surface area contributed by atoms with E-state index in [-0.39, 0.29) is 5.97 Å². The minimum atomic E-state index is -0.317. The average molecular weight is 214 g/mol. The van der Waals surface area contributed by atoms with E-state index >= 15 is 0 Å². The van der Waals surface area contributed by atoms with Gasteiger partial charge in [-0.25, -0.2) is 10.6 Å². The second kappa shape index (κ2) is 4.43. The van der Waals surface area contributed by atoms with Crippen LogP contribution >= 0.6 is 11.3 Å². The molecule has 78 valence electrons. The van der Waals surface area contributed by atoms with Crippen LogP contribution in [0.1, 0.15) is 27.7 Å². The lowest BCUT2D eigenvalue weighted by Crippen LogP contribution is -2.12. The Hall–Kier alpha value is -1.07. The molecule has 3 N–H and O–H groups in total. The molecule has 0 unspecified atom stereocenters. The maximum Gasteiger partial charge on any atom is 0.341 e. The molecule has 1 aromatic rings. The second-order valence-electron chi connectivity index (χ2n) is 2.85. The monoisotopic (exact) mass is 214 g/mol. The first-order valence-electron chi connectivity index (χ1n) is 4.35. The molecule has 0 bridgehead atoms. The number of carbonyl (C=O) groups is 1. The fourth-order valence-corrected chi connectivity index (χ4v) is 2.14. The molecule has 0 amide bonds. The number of nitrogen functional groups attached to an aromatic ring is 1. The summed E-state index contributed by atoms with van der Waals surface area (Å²) in [6.07, 6.45) is 0. The van der Waals surface area contributed by atoms with Crippen LogP contribution in [0.25, 0.3) is 0 Å². The van der Waals surface area contributed by atoms with E-state index in [1.54, 1.807) is 6.92 Å². The van der Waals surface area contributed by atoms with Crippen LogP contribution in [0, 0.1) is 13.8 Å². The van der Waals surface area contributed by atoms with E-state index in [0.29, 0.717) is 17.2 Å². The number of rotatable bonds is 3. The molecule has 5 heteroatoms. The Balaban J connectivity index is 3.10. The van der Waals surface area contributed by atoms with Crippen LogP contribution in [-0.2, 0) is 4.74 Å². The molecule has 0 atom stereocenters. The molecule has 0 aromatic carbocycles. The minimum Gasteiger partial charge on any atom is -0.462 e. The van der Waals surface area contributed by atoms with Crippen molar-refractivity contribution in [3.05, 3.63) is 16.0 Å². The van der Waals surface area contributed by atoms with Crippen molar-refractivity contribution in [1.29, 1.82) is 0 Å². The third kappa shape index (κ3) is 1.88. The highest BCUT2D eigenvalue weighted by atomic mass is 32.1. The van der Waals surface area contributed by atoms with Gasteiger partial charge in [0, 0.05) is 4.88 Å². The van der Waals surface area contributed by atoms with Gasteiger partial charge in [0.15, 0.2) is 0 Å². The van der Waals surface area contributed by atoms with Gasteiger partial charge >= 0.3 is 5.97 Å². The normalized spacial score (nSPS) is 10.0. The van der Waals surface area contributed by atoms with Crippen LogP contribution in [-0.4, -0.2) is 12.6 Å². The number of hydrogen-bond donors (Lipinski definition) is 2.